The van der Waals surface area contributed by atoms with E-state index >= 15 is 0 Å². The molecule has 4 nitrogen and oxygen atoms in total. The van der Waals surface area contributed by atoms with Crippen molar-refractivity contribution in [3.05, 3.63) is 63.1 Å². The molecule has 0 saturated carbocycles. The van der Waals surface area contributed by atoms with Crippen LogP contribution in [-0.4, -0.2) is 17.0 Å². The molecule has 20 heavy (non-hydrogen) atoms. The zero-order valence-corrected chi connectivity index (χ0v) is 12.4. The van der Waals surface area contributed by atoms with E-state index in [1.54, 1.807) is 24.3 Å². The number of rotatable bonds is 3. The predicted octanol–water partition coefficient (Wildman–Crippen LogP) is 4.05. The third-order valence-electron chi connectivity index (χ3n) is 2.55. The van der Waals surface area contributed by atoms with Crippen LogP contribution in [0.5, 0.6) is 0 Å². The second kappa shape index (κ2) is 6.07. The molecule has 0 atom stereocenters. The van der Waals surface area contributed by atoms with Gasteiger partial charge in [0.05, 0.1) is 11.3 Å². The maximum absolute atomic E-state index is 12.1. The van der Waals surface area contributed by atoms with Crippen molar-refractivity contribution >= 4 is 45.1 Å². The van der Waals surface area contributed by atoms with Gasteiger partial charge in [-0.2, -0.15) is 0 Å². The number of amides is 1. The van der Waals surface area contributed by atoms with Crippen LogP contribution in [0.15, 0.2) is 46.9 Å². The Balaban J connectivity index is 2.32. The SMILES string of the molecule is O=C(Nc1cc(Cl)ccc1C(=O)O)c1cccc(Br)c1. The summed E-state index contributed by atoms with van der Waals surface area (Å²) in [5.74, 6) is -1.54. The highest BCUT2D eigenvalue weighted by molar-refractivity contribution is 9.10. The van der Waals surface area contributed by atoms with Gasteiger partial charge in [-0.1, -0.05) is 33.6 Å². The van der Waals surface area contributed by atoms with Crippen LogP contribution in [0.4, 0.5) is 5.69 Å². The van der Waals surface area contributed by atoms with Crippen LogP contribution in [0.1, 0.15) is 20.7 Å². The van der Waals surface area contributed by atoms with Crippen LogP contribution in [0.25, 0.3) is 0 Å². The molecule has 0 radical (unpaired) electrons. The number of nitrogens with one attached hydrogen (secondary N) is 1. The van der Waals surface area contributed by atoms with Gasteiger partial charge in [0.15, 0.2) is 0 Å². The van der Waals surface area contributed by atoms with Crippen LogP contribution >= 0.6 is 27.5 Å². The Morgan fingerprint density at radius 3 is 2.55 bits per heavy atom. The molecule has 102 valence electrons. The Bertz CT molecular complexity index is 688. The van der Waals surface area contributed by atoms with E-state index in [2.05, 4.69) is 21.2 Å². The zero-order chi connectivity index (χ0) is 14.7. The van der Waals surface area contributed by atoms with Crippen LogP contribution in [0.2, 0.25) is 5.02 Å². The lowest BCUT2D eigenvalue weighted by molar-refractivity contribution is 0.0698. The number of carbonyl (C=O) groups excluding carboxylic acids is 1. The number of hydrogen-bond donors (Lipinski definition) is 2. The molecule has 0 saturated heterocycles. The molecule has 0 aliphatic rings. The Hall–Kier alpha value is -1.85. The fourth-order valence-corrected chi connectivity index (χ4v) is 2.20. The molecule has 6 heteroatoms. The molecule has 2 aromatic carbocycles. The number of carboxylic acid groups (broad SMARTS) is 1. The smallest absolute Gasteiger partial charge is 0.337 e. The van der Waals surface area contributed by atoms with Gasteiger partial charge in [-0.25, -0.2) is 4.79 Å². The second-order valence-electron chi connectivity index (χ2n) is 3.96. The van der Waals surface area contributed by atoms with Gasteiger partial charge in [-0.05, 0) is 36.4 Å². The summed E-state index contributed by atoms with van der Waals surface area (Å²) in [5, 5.41) is 12.0. The highest BCUT2D eigenvalue weighted by Gasteiger charge is 2.14. The molecule has 0 fully saturated rings. The monoisotopic (exact) mass is 353 g/mol. The molecule has 2 N–H and O–H groups in total. The molecule has 0 spiro atoms. The number of carboxylic acids is 1. The number of hydrogen-bond acceptors (Lipinski definition) is 2. The fraction of sp³-hybridized carbons (Fsp3) is 0. The molecule has 0 unspecified atom stereocenters. The first-order chi connectivity index (χ1) is 9.47. The summed E-state index contributed by atoms with van der Waals surface area (Å²) in [7, 11) is 0. The van der Waals surface area contributed by atoms with Crippen molar-refractivity contribution < 1.29 is 14.7 Å². The van der Waals surface area contributed by atoms with Crippen LogP contribution in [0, 0.1) is 0 Å². The van der Waals surface area contributed by atoms with Crippen LogP contribution in [0.3, 0.4) is 0 Å². The summed E-state index contributed by atoms with van der Waals surface area (Å²) >= 11 is 9.09. The second-order valence-corrected chi connectivity index (χ2v) is 5.31. The third-order valence-corrected chi connectivity index (χ3v) is 3.28. The predicted molar refractivity (Wildman–Crippen MR) is 80.5 cm³/mol. The summed E-state index contributed by atoms with van der Waals surface area (Å²) in [6, 6.07) is 11.0. The molecular formula is C14H9BrClNO3. The van der Waals surface area contributed by atoms with Gasteiger partial charge in [0.2, 0.25) is 0 Å². The minimum absolute atomic E-state index is 0.0160. The van der Waals surface area contributed by atoms with Crippen molar-refractivity contribution in [1.82, 2.24) is 0 Å². The molecule has 0 heterocycles. The van der Waals surface area contributed by atoms with Gasteiger partial charge in [0.25, 0.3) is 5.91 Å². The first kappa shape index (κ1) is 14.6. The number of halogens is 2. The average molecular weight is 355 g/mol. The van der Waals surface area contributed by atoms with Crippen molar-refractivity contribution in [3.63, 3.8) is 0 Å². The normalized spacial score (nSPS) is 10.1. The lowest BCUT2D eigenvalue weighted by Crippen LogP contribution is -2.14. The average Bonchev–Trinajstić information content (AvgIpc) is 2.38. The van der Waals surface area contributed by atoms with Gasteiger partial charge in [-0.3, -0.25) is 4.79 Å². The van der Waals surface area contributed by atoms with Crippen LogP contribution in [-0.2, 0) is 0 Å². The number of carbonyl (C=O) groups is 2. The Morgan fingerprint density at radius 1 is 1.15 bits per heavy atom. The molecule has 0 bridgehead atoms. The lowest BCUT2D eigenvalue weighted by Gasteiger charge is -2.09. The molecule has 0 aliphatic carbocycles. The summed E-state index contributed by atoms with van der Waals surface area (Å²) in [6.45, 7) is 0. The number of benzene rings is 2. The van der Waals surface area contributed by atoms with E-state index in [9.17, 15) is 9.59 Å². The van der Waals surface area contributed by atoms with Gasteiger partial charge >= 0.3 is 5.97 Å². The first-order valence-electron chi connectivity index (χ1n) is 5.57. The van der Waals surface area contributed by atoms with Crippen molar-refractivity contribution in [3.8, 4) is 0 Å². The minimum atomic E-state index is -1.13. The molecule has 2 rings (SSSR count). The van der Waals surface area contributed by atoms with E-state index in [-0.39, 0.29) is 11.3 Å². The minimum Gasteiger partial charge on any atom is -0.478 e. The van der Waals surface area contributed by atoms with Crippen molar-refractivity contribution in [1.29, 1.82) is 0 Å². The molecular weight excluding hydrogens is 346 g/mol. The summed E-state index contributed by atoms with van der Waals surface area (Å²) in [5.41, 5.74) is 0.559. The topological polar surface area (TPSA) is 66.4 Å². The van der Waals surface area contributed by atoms with Crippen molar-refractivity contribution in [2.45, 2.75) is 0 Å². The fourth-order valence-electron chi connectivity index (χ4n) is 1.63. The van der Waals surface area contributed by atoms with Crippen molar-refractivity contribution in [2.75, 3.05) is 5.32 Å². The Labute approximate surface area is 128 Å². The quantitative estimate of drug-likeness (QED) is 0.874. The standard InChI is InChI=1S/C14H9BrClNO3/c15-9-3-1-2-8(6-9)13(18)17-12-7-10(16)4-5-11(12)14(19)20/h1-7H,(H,17,18)(H,19,20). The van der Waals surface area contributed by atoms with Gasteiger partial charge in [-0.15, -0.1) is 0 Å². The van der Waals surface area contributed by atoms with E-state index in [0.717, 1.165) is 4.47 Å². The maximum Gasteiger partial charge on any atom is 0.337 e. The maximum atomic E-state index is 12.1. The highest BCUT2D eigenvalue weighted by Crippen LogP contribution is 2.22. The Morgan fingerprint density at radius 2 is 1.90 bits per heavy atom. The van der Waals surface area contributed by atoms with Gasteiger partial charge < -0.3 is 10.4 Å². The van der Waals surface area contributed by atoms with E-state index < -0.39 is 11.9 Å². The van der Waals surface area contributed by atoms with E-state index in [4.69, 9.17) is 16.7 Å². The first-order valence-corrected chi connectivity index (χ1v) is 6.74. The van der Waals surface area contributed by atoms with Gasteiger partial charge in [0.1, 0.15) is 0 Å². The molecule has 2 aromatic rings. The third kappa shape index (κ3) is 3.37. The lowest BCUT2D eigenvalue weighted by atomic mass is 10.1. The van der Waals surface area contributed by atoms with E-state index in [0.29, 0.717) is 10.6 Å². The largest absolute Gasteiger partial charge is 0.478 e. The molecule has 0 aromatic heterocycles. The van der Waals surface area contributed by atoms with Crippen molar-refractivity contribution in [2.24, 2.45) is 0 Å². The summed E-state index contributed by atoms with van der Waals surface area (Å²) in [4.78, 5) is 23.2. The summed E-state index contributed by atoms with van der Waals surface area (Å²) < 4.78 is 0.759. The molecule has 0 aliphatic heterocycles. The zero-order valence-electron chi connectivity index (χ0n) is 10.1. The van der Waals surface area contributed by atoms with E-state index in [1.165, 1.54) is 18.2 Å². The van der Waals surface area contributed by atoms with Gasteiger partial charge in [0, 0.05) is 15.1 Å². The summed E-state index contributed by atoms with van der Waals surface area (Å²) in [6.07, 6.45) is 0. The van der Waals surface area contributed by atoms with Crippen LogP contribution < -0.4 is 5.32 Å². The number of aromatic carboxylic acids is 1. The molecule has 1 amide bonds. The number of anilines is 1. The Kier molecular flexibility index (Phi) is 4.42. The highest BCUT2D eigenvalue weighted by atomic mass is 79.9. The van der Waals surface area contributed by atoms with E-state index in [1.807, 2.05) is 0 Å².